The normalized spacial score (nSPS) is 12.2. The van der Waals surface area contributed by atoms with Crippen molar-refractivity contribution in [1.82, 2.24) is 0 Å². The van der Waals surface area contributed by atoms with Crippen molar-refractivity contribution >= 4 is 23.3 Å². The number of nitrogens with one attached hydrogen (secondary N) is 1. The Kier molecular flexibility index (Phi) is 9.38. The van der Waals surface area contributed by atoms with E-state index in [1.54, 1.807) is 19.1 Å². The minimum absolute atomic E-state index is 0.0878. The molecule has 0 aliphatic carbocycles. The lowest BCUT2D eigenvalue weighted by atomic mass is 9.95. The van der Waals surface area contributed by atoms with E-state index in [0.29, 0.717) is 29.5 Å². The van der Waals surface area contributed by atoms with E-state index in [1.807, 2.05) is 6.07 Å². The molecule has 0 fully saturated rings. The molecule has 2 aromatic carbocycles. The Balaban J connectivity index is 2.44. The molecule has 2 N–H and O–H groups in total. The van der Waals surface area contributed by atoms with E-state index in [0.717, 1.165) is 30.9 Å². The number of hydrogen-bond acceptors (Lipinski definition) is 3. The molecule has 7 heteroatoms. The van der Waals surface area contributed by atoms with E-state index in [4.69, 9.17) is 0 Å². The number of nitrogens with zero attached hydrogens (tertiary/aromatic N) is 1. The molecule has 0 aromatic heterocycles. The average molecular weight is 461 g/mol. The van der Waals surface area contributed by atoms with Crippen molar-refractivity contribution in [3.8, 4) is 0 Å². The van der Waals surface area contributed by atoms with Gasteiger partial charge >= 0.3 is 5.97 Å². The lowest BCUT2D eigenvalue weighted by Gasteiger charge is -2.31. The second-order valence-corrected chi connectivity index (χ2v) is 9.23. The Bertz CT molecular complexity index is 966. The fraction of sp³-hybridized carbons (Fsp3) is 0.462. The zero-order valence-electron chi connectivity index (χ0n) is 20.0. The Morgan fingerprint density at radius 1 is 1.00 bits per heavy atom. The molecule has 0 radical (unpaired) electrons. The Morgan fingerprint density at radius 3 is 2.15 bits per heavy atom. The van der Waals surface area contributed by atoms with E-state index in [-0.39, 0.29) is 12.0 Å². The van der Waals surface area contributed by atoms with Gasteiger partial charge in [0.2, 0.25) is 5.91 Å². The van der Waals surface area contributed by atoms with Gasteiger partial charge in [-0.2, -0.15) is 0 Å². The van der Waals surface area contributed by atoms with Gasteiger partial charge in [0.05, 0.1) is 23.7 Å². The number of aliphatic carboxylic acids is 1. The minimum Gasteiger partial charge on any atom is -0.481 e. The van der Waals surface area contributed by atoms with Crippen molar-refractivity contribution in [3.05, 3.63) is 59.2 Å². The molecule has 33 heavy (non-hydrogen) atoms. The molecule has 0 heterocycles. The molecule has 180 valence electrons. The van der Waals surface area contributed by atoms with Crippen LogP contribution in [0.5, 0.6) is 0 Å². The highest BCUT2D eigenvalue weighted by atomic mass is 19.1. The summed E-state index contributed by atoms with van der Waals surface area (Å²) in [6.07, 6.45) is 0.144. The van der Waals surface area contributed by atoms with Gasteiger partial charge in [-0.1, -0.05) is 46.8 Å². The van der Waals surface area contributed by atoms with Crippen LogP contribution in [0.4, 0.5) is 20.2 Å². The van der Waals surface area contributed by atoms with Gasteiger partial charge < -0.3 is 15.3 Å². The monoisotopic (exact) mass is 460 g/mol. The summed E-state index contributed by atoms with van der Waals surface area (Å²) in [7, 11) is 0. The summed E-state index contributed by atoms with van der Waals surface area (Å²) < 4.78 is 27.3. The lowest BCUT2D eigenvalue weighted by Crippen LogP contribution is -2.32. The number of hydrogen-bond donors (Lipinski definition) is 2. The van der Waals surface area contributed by atoms with Gasteiger partial charge in [-0.05, 0) is 47.6 Å². The summed E-state index contributed by atoms with van der Waals surface area (Å²) in [5.41, 5.74) is 1.95. The molecule has 2 aromatic rings. The summed E-state index contributed by atoms with van der Waals surface area (Å²) in [5, 5.41) is 12.4. The smallest absolute Gasteiger partial charge is 0.310 e. The third-order valence-corrected chi connectivity index (χ3v) is 5.28. The molecule has 0 aliphatic rings. The molecule has 2 rings (SSSR count). The first-order valence-electron chi connectivity index (χ1n) is 11.4. The van der Waals surface area contributed by atoms with E-state index in [1.165, 1.54) is 6.07 Å². The van der Waals surface area contributed by atoms with Crippen LogP contribution < -0.4 is 10.2 Å². The van der Waals surface area contributed by atoms with E-state index >= 15 is 0 Å². The summed E-state index contributed by atoms with van der Waals surface area (Å²) in [6.45, 7) is 11.7. The highest BCUT2D eigenvalue weighted by molar-refractivity contribution is 5.96. The molecule has 5 nitrogen and oxygen atoms in total. The Morgan fingerprint density at radius 2 is 1.64 bits per heavy atom. The number of amides is 1. The topological polar surface area (TPSA) is 69.6 Å². The second kappa shape index (κ2) is 11.8. The molecular weight excluding hydrogens is 426 g/mol. The maximum absolute atomic E-state index is 14.1. The van der Waals surface area contributed by atoms with Crippen molar-refractivity contribution in [2.24, 2.45) is 11.8 Å². The maximum Gasteiger partial charge on any atom is 0.310 e. The molecule has 0 bridgehead atoms. The van der Waals surface area contributed by atoms with Gasteiger partial charge in [0.1, 0.15) is 11.6 Å². The van der Waals surface area contributed by atoms with Gasteiger partial charge in [-0.3, -0.25) is 9.59 Å². The minimum atomic E-state index is -0.933. The average Bonchev–Trinajstić information content (AvgIpc) is 2.69. The number of benzene rings is 2. The van der Waals surface area contributed by atoms with Gasteiger partial charge in [0, 0.05) is 19.2 Å². The van der Waals surface area contributed by atoms with Crippen LogP contribution in [-0.2, 0) is 16.0 Å². The fourth-order valence-electron chi connectivity index (χ4n) is 3.88. The van der Waals surface area contributed by atoms with Crippen molar-refractivity contribution in [3.63, 3.8) is 0 Å². The highest BCUT2D eigenvalue weighted by Gasteiger charge is 2.22. The van der Waals surface area contributed by atoms with Crippen LogP contribution >= 0.6 is 0 Å². The lowest BCUT2D eigenvalue weighted by molar-refractivity contribution is -0.138. The first kappa shape index (κ1) is 26.3. The third kappa shape index (κ3) is 7.55. The highest BCUT2D eigenvalue weighted by Crippen LogP contribution is 2.33. The maximum atomic E-state index is 14.1. The summed E-state index contributed by atoms with van der Waals surface area (Å²) in [4.78, 5) is 26.7. The molecule has 0 saturated heterocycles. The van der Waals surface area contributed by atoms with Crippen LogP contribution in [0.1, 0.15) is 58.1 Å². The number of carboxylic acid groups (broad SMARTS) is 1. The van der Waals surface area contributed by atoms with E-state index < -0.39 is 29.4 Å². The Hall–Kier alpha value is -2.96. The van der Waals surface area contributed by atoms with Gasteiger partial charge in [0.25, 0.3) is 0 Å². The first-order chi connectivity index (χ1) is 15.5. The molecule has 0 aliphatic heterocycles. The standard InChI is InChI=1S/C26H34F2N2O3/c1-6-21(26(32)33)18-8-10-24(30(14-16(2)3)15-17(4)5)23(11-18)29-25(31)12-19-7-9-20(27)13-22(19)28/h7-11,13,16-17,21H,6,12,14-15H2,1-5H3,(H,29,31)(H,32,33). The number of carbonyl (C=O) groups excluding carboxylic acids is 1. The number of anilines is 2. The number of halogens is 2. The zero-order chi connectivity index (χ0) is 24.7. The van der Waals surface area contributed by atoms with Crippen molar-refractivity contribution in [2.75, 3.05) is 23.3 Å². The zero-order valence-corrected chi connectivity index (χ0v) is 20.0. The molecule has 0 spiro atoms. The van der Waals surface area contributed by atoms with Crippen LogP contribution in [0.25, 0.3) is 0 Å². The van der Waals surface area contributed by atoms with Crippen LogP contribution in [0, 0.1) is 23.5 Å². The predicted molar refractivity (Wildman–Crippen MR) is 128 cm³/mol. The Labute approximate surface area is 194 Å². The number of rotatable bonds is 11. The fourth-order valence-corrected chi connectivity index (χ4v) is 3.88. The number of carboxylic acids is 1. The largest absolute Gasteiger partial charge is 0.481 e. The van der Waals surface area contributed by atoms with Gasteiger partial charge in [-0.15, -0.1) is 0 Å². The van der Waals surface area contributed by atoms with E-state index in [9.17, 15) is 23.5 Å². The van der Waals surface area contributed by atoms with Crippen molar-refractivity contribution in [1.29, 1.82) is 0 Å². The van der Waals surface area contributed by atoms with Crippen molar-refractivity contribution < 1.29 is 23.5 Å². The van der Waals surface area contributed by atoms with Crippen LogP contribution in [0.3, 0.4) is 0 Å². The van der Waals surface area contributed by atoms with Crippen LogP contribution in [-0.4, -0.2) is 30.1 Å². The van der Waals surface area contributed by atoms with Crippen molar-refractivity contribution in [2.45, 2.75) is 53.4 Å². The van der Waals surface area contributed by atoms with Crippen LogP contribution in [0.2, 0.25) is 0 Å². The quantitative estimate of drug-likeness (QED) is 0.442. The molecule has 1 unspecified atom stereocenters. The molecule has 1 amide bonds. The summed E-state index contributed by atoms with van der Waals surface area (Å²) in [6, 6.07) is 8.46. The van der Waals surface area contributed by atoms with Crippen LogP contribution in [0.15, 0.2) is 36.4 Å². The summed E-state index contributed by atoms with van der Waals surface area (Å²) >= 11 is 0. The third-order valence-electron chi connectivity index (χ3n) is 5.28. The molecular formula is C26H34F2N2O3. The van der Waals surface area contributed by atoms with Gasteiger partial charge in [-0.25, -0.2) is 8.78 Å². The SMILES string of the molecule is CCC(C(=O)O)c1ccc(N(CC(C)C)CC(C)C)c(NC(=O)Cc2ccc(F)cc2F)c1. The molecule has 0 saturated carbocycles. The van der Waals surface area contributed by atoms with E-state index in [2.05, 4.69) is 37.9 Å². The molecule has 1 atom stereocenters. The predicted octanol–water partition coefficient (Wildman–Crippen LogP) is 5.84. The first-order valence-corrected chi connectivity index (χ1v) is 11.4. The van der Waals surface area contributed by atoms with Gasteiger partial charge in [0.15, 0.2) is 0 Å². The number of carbonyl (C=O) groups is 2. The second-order valence-electron chi connectivity index (χ2n) is 9.23. The summed E-state index contributed by atoms with van der Waals surface area (Å²) in [5.74, 6) is -2.85.